The summed E-state index contributed by atoms with van der Waals surface area (Å²) in [5, 5.41) is 18.1. The van der Waals surface area contributed by atoms with E-state index < -0.39 is 0 Å². The highest BCUT2D eigenvalue weighted by Gasteiger charge is 2.18. The number of benzene rings is 1. The lowest BCUT2D eigenvalue weighted by molar-refractivity contribution is -0.382. The van der Waals surface area contributed by atoms with Crippen LogP contribution in [0.4, 0.5) is 11.4 Å². The third kappa shape index (κ3) is 3.87. The first-order valence-corrected chi connectivity index (χ1v) is 6.69. The highest BCUT2D eigenvalue weighted by molar-refractivity contribution is 5.94. The van der Waals surface area contributed by atoms with Gasteiger partial charge in [0.05, 0.1) is 22.4 Å². The number of nitrogens with one attached hydrogen (secondary N) is 2. The van der Waals surface area contributed by atoms with Gasteiger partial charge in [0.25, 0.3) is 0 Å². The minimum absolute atomic E-state index is 0.0671. The molecule has 0 spiro atoms. The molecule has 0 unspecified atom stereocenters. The van der Waals surface area contributed by atoms with E-state index in [2.05, 4.69) is 15.6 Å². The van der Waals surface area contributed by atoms with Gasteiger partial charge in [0.1, 0.15) is 5.69 Å². The number of aromatic nitrogens is 1. The molecule has 0 aliphatic carbocycles. The van der Waals surface area contributed by atoms with Crippen LogP contribution in [0.2, 0.25) is 0 Å². The summed E-state index contributed by atoms with van der Waals surface area (Å²) in [6.07, 6.45) is 1.62. The van der Waals surface area contributed by atoms with Crippen molar-refractivity contribution in [3.05, 3.63) is 40.6 Å². The minimum atomic E-state index is -0.370. The van der Waals surface area contributed by atoms with E-state index in [9.17, 15) is 10.1 Å². The van der Waals surface area contributed by atoms with Crippen molar-refractivity contribution in [1.29, 1.82) is 0 Å². The Morgan fingerprint density at radius 1 is 1.29 bits per heavy atom. The molecule has 0 radical (unpaired) electrons. The van der Waals surface area contributed by atoms with Gasteiger partial charge in [0.15, 0.2) is 0 Å². The van der Waals surface area contributed by atoms with Crippen molar-refractivity contribution >= 4 is 22.3 Å². The van der Waals surface area contributed by atoms with E-state index >= 15 is 0 Å². The molecule has 0 saturated carbocycles. The summed E-state index contributed by atoms with van der Waals surface area (Å²) in [4.78, 5) is 15.1. The Balaban J connectivity index is 2.09. The smallest absolute Gasteiger partial charge is 0.301 e. The van der Waals surface area contributed by atoms with Crippen molar-refractivity contribution in [3.8, 4) is 0 Å². The molecular weight excluding hydrogens is 272 g/mol. The van der Waals surface area contributed by atoms with Crippen LogP contribution in [0.25, 0.3) is 10.9 Å². The molecule has 1 heterocycles. The lowest BCUT2D eigenvalue weighted by Crippen LogP contribution is -2.25. The molecule has 112 valence electrons. The molecular formula is C14H18N4O3. The number of ether oxygens (including phenoxy) is 1. The van der Waals surface area contributed by atoms with Crippen molar-refractivity contribution in [3.63, 3.8) is 0 Å². The van der Waals surface area contributed by atoms with Gasteiger partial charge in [-0.25, -0.2) is 0 Å². The number of hydrogen-bond acceptors (Lipinski definition) is 6. The van der Waals surface area contributed by atoms with Crippen LogP contribution in [0, 0.1) is 10.1 Å². The Kier molecular flexibility index (Phi) is 5.42. The van der Waals surface area contributed by atoms with E-state index in [0.717, 1.165) is 6.54 Å². The lowest BCUT2D eigenvalue weighted by Gasteiger charge is -2.09. The number of nitrogens with zero attached hydrogens (tertiary/aromatic N) is 2. The lowest BCUT2D eigenvalue weighted by atomic mass is 10.1. The predicted octanol–water partition coefficient (Wildman–Crippen LogP) is 1.79. The molecule has 0 fully saturated rings. The Morgan fingerprint density at radius 3 is 2.90 bits per heavy atom. The van der Waals surface area contributed by atoms with E-state index in [-0.39, 0.29) is 10.6 Å². The maximum Gasteiger partial charge on any atom is 0.301 e. The van der Waals surface area contributed by atoms with Crippen LogP contribution < -0.4 is 10.6 Å². The number of hydrogen-bond donors (Lipinski definition) is 2. The fourth-order valence-electron chi connectivity index (χ4n) is 2.06. The Hall–Kier alpha value is -2.25. The number of nitro groups is 1. The SMILES string of the molecule is COCCNCCNc1ccc2ncccc2c1[N+](=O)[O-]. The number of rotatable bonds is 8. The monoisotopic (exact) mass is 290 g/mol. The molecule has 7 heteroatoms. The van der Waals surface area contributed by atoms with Crippen LogP contribution in [0.15, 0.2) is 30.5 Å². The molecule has 0 aliphatic heterocycles. The molecule has 2 aromatic rings. The summed E-state index contributed by atoms with van der Waals surface area (Å²) >= 11 is 0. The molecule has 21 heavy (non-hydrogen) atoms. The van der Waals surface area contributed by atoms with Crippen molar-refractivity contribution in [2.24, 2.45) is 0 Å². The van der Waals surface area contributed by atoms with Gasteiger partial charge in [0.2, 0.25) is 0 Å². The third-order valence-corrected chi connectivity index (χ3v) is 3.04. The molecule has 2 N–H and O–H groups in total. The summed E-state index contributed by atoms with van der Waals surface area (Å²) in [5.41, 5.74) is 1.19. The quantitative estimate of drug-likeness (QED) is 0.438. The van der Waals surface area contributed by atoms with E-state index in [1.165, 1.54) is 0 Å². The molecule has 2 rings (SSSR count). The first kappa shape index (κ1) is 15.1. The second kappa shape index (κ2) is 7.51. The van der Waals surface area contributed by atoms with Gasteiger partial charge in [-0.3, -0.25) is 15.1 Å². The first-order chi connectivity index (χ1) is 10.2. The van der Waals surface area contributed by atoms with Crippen molar-refractivity contribution in [2.75, 3.05) is 38.7 Å². The van der Waals surface area contributed by atoms with Gasteiger partial charge < -0.3 is 15.4 Å². The summed E-state index contributed by atoms with van der Waals surface area (Å²) in [6, 6.07) is 6.89. The molecule has 0 saturated heterocycles. The topological polar surface area (TPSA) is 89.3 Å². The molecule has 0 amide bonds. The van der Waals surface area contributed by atoms with E-state index in [1.54, 1.807) is 37.6 Å². The van der Waals surface area contributed by atoms with Crippen molar-refractivity contribution < 1.29 is 9.66 Å². The van der Waals surface area contributed by atoms with Crippen LogP contribution in [0.1, 0.15) is 0 Å². The minimum Gasteiger partial charge on any atom is -0.383 e. The largest absolute Gasteiger partial charge is 0.383 e. The first-order valence-electron chi connectivity index (χ1n) is 6.69. The van der Waals surface area contributed by atoms with Crippen LogP contribution in [-0.4, -0.2) is 43.3 Å². The van der Waals surface area contributed by atoms with Gasteiger partial charge in [-0.15, -0.1) is 0 Å². The van der Waals surface area contributed by atoms with E-state index in [1.807, 2.05) is 0 Å². The molecule has 7 nitrogen and oxygen atoms in total. The average Bonchev–Trinajstić information content (AvgIpc) is 2.50. The zero-order valence-electron chi connectivity index (χ0n) is 11.8. The average molecular weight is 290 g/mol. The third-order valence-electron chi connectivity index (χ3n) is 3.04. The maximum absolute atomic E-state index is 11.3. The number of pyridine rings is 1. The van der Waals surface area contributed by atoms with E-state index in [4.69, 9.17) is 4.74 Å². The zero-order valence-corrected chi connectivity index (χ0v) is 11.8. The highest BCUT2D eigenvalue weighted by Crippen LogP contribution is 2.32. The number of fused-ring (bicyclic) bond motifs is 1. The van der Waals surface area contributed by atoms with Crippen LogP contribution >= 0.6 is 0 Å². The van der Waals surface area contributed by atoms with Gasteiger partial charge in [-0.05, 0) is 24.3 Å². The number of nitro benzene ring substituents is 1. The van der Waals surface area contributed by atoms with E-state index in [0.29, 0.717) is 36.3 Å². The van der Waals surface area contributed by atoms with Crippen LogP contribution in [0.3, 0.4) is 0 Å². The molecule has 1 aromatic heterocycles. The normalized spacial score (nSPS) is 10.7. The van der Waals surface area contributed by atoms with Crippen molar-refractivity contribution in [2.45, 2.75) is 0 Å². The Labute approximate surface area is 122 Å². The van der Waals surface area contributed by atoms with Gasteiger partial charge >= 0.3 is 5.69 Å². The molecule has 1 aromatic carbocycles. The predicted molar refractivity (Wildman–Crippen MR) is 81.6 cm³/mol. The van der Waals surface area contributed by atoms with Crippen LogP contribution in [-0.2, 0) is 4.74 Å². The molecule has 0 aliphatic rings. The fraction of sp³-hybridized carbons (Fsp3) is 0.357. The van der Waals surface area contributed by atoms with Gasteiger partial charge in [-0.2, -0.15) is 0 Å². The summed E-state index contributed by atoms with van der Waals surface area (Å²) < 4.78 is 4.93. The molecule has 0 bridgehead atoms. The maximum atomic E-state index is 11.3. The van der Waals surface area contributed by atoms with Gasteiger partial charge in [-0.1, -0.05) is 0 Å². The summed E-state index contributed by atoms with van der Waals surface area (Å²) in [5.74, 6) is 0. The van der Waals surface area contributed by atoms with Crippen molar-refractivity contribution in [1.82, 2.24) is 10.3 Å². The fourth-order valence-corrected chi connectivity index (χ4v) is 2.06. The molecule has 0 atom stereocenters. The van der Waals surface area contributed by atoms with Crippen LogP contribution in [0.5, 0.6) is 0 Å². The van der Waals surface area contributed by atoms with Gasteiger partial charge in [0, 0.05) is 32.9 Å². The summed E-state index contributed by atoms with van der Waals surface area (Å²) in [6.45, 7) is 2.69. The Bertz CT molecular complexity index is 618. The second-order valence-electron chi connectivity index (χ2n) is 4.46. The number of methoxy groups -OCH3 is 1. The highest BCUT2D eigenvalue weighted by atomic mass is 16.6. The Morgan fingerprint density at radius 2 is 2.14 bits per heavy atom. The number of anilines is 1. The zero-order chi connectivity index (χ0) is 15.1. The standard InChI is InChI=1S/C14H18N4O3/c1-21-10-9-15-7-8-17-13-5-4-12-11(3-2-6-16-12)14(13)18(19)20/h2-6,15,17H,7-10H2,1H3. The second-order valence-corrected chi connectivity index (χ2v) is 4.46. The summed E-state index contributed by atoms with van der Waals surface area (Å²) in [7, 11) is 1.65.